The fraction of sp³-hybridized carbons (Fsp3) is 0.444. The number of H-pyrrole nitrogens is 1. The second-order valence-corrected chi connectivity index (χ2v) is 3.18. The van der Waals surface area contributed by atoms with E-state index in [0.29, 0.717) is 6.42 Å². The second kappa shape index (κ2) is 5.14. The summed E-state index contributed by atoms with van der Waals surface area (Å²) in [7, 11) is 0. The molecule has 1 rings (SSSR count). The number of carbonyl (C=O) groups is 1. The van der Waals surface area contributed by atoms with Gasteiger partial charge < -0.3 is 11.1 Å². The monoisotopic (exact) mass is 210 g/mol. The molecule has 0 aliphatic rings. The normalized spacial score (nSPS) is 9.93. The van der Waals surface area contributed by atoms with E-state index < -0.39 is 5.56 Å². The number of nitrogens with zero attached hydrogens (tertiary/aromatic N) is 1. The number of aromatic amines is 1. The first-order valence-corrected chi connectivity index (χ1v) is 4.78. The van der Waals surface area contributed by atoms with Crippen LogP contribution in [0.4, 0.5) is 11.4 Å². The summed E-state index contributed by atoms with van der Waals surface area (Å²) in [5.41, 5.74) is 5.21. The molecule has 0 aromatic carbocycles. The van der Waals surface area contributed by atoms with Gasteiger partial charge in [-0.15, -0.1) is 0 Å². The molecule has 1 amide bonds. The van der Waals surface area contributed by atoms with Crippen molar-refractivity contribution in [1.29, 1.82) is 0 Å². The van der Waals surface area contributed by atoms with E-state index in [-0.39, 0.29) is 17.3 Å². The number of nitrogen functional groups attached to an aromatic ring is 1. The molecule has 0 radical (unpaired) electrons. The van der Waals surface area contributed by atoms with E-state index in [9.17, 15) is 9.59 Å². The summed E-state index contributed by atoms with van der Waals surface area (Å²) in [5, 5.41) is 8.26. The number of nitrogens with two attached hydrogens (primary N) is 1. The number of unbranched alkanes of at least 4 members (excludes halogenated alkanes) is 1. The smallest absolute Gasteiger partial charge is 0.289 e. The van der Waals surface area contributed by atoms with E-state index in [2.05, 4.69) is 15.5 Å². The molecule has 0 spiro atoms. The number of hydrogen-bond acceptors (Lipinski definition) is 4. The molecular formula is C9H14N4O2. The standard InChI is InChI=1S/C9H14N4O2/c1-2-3-4-7(14)12-6-5-11-13-9(15)8(6)10/h5H,2-4H2,1H3,(H2,10,11)(H2,12,13,14,15). The lowest BCUT2D eigenvalue weighted by Crippen LogP contribution is -2.19. The van der Waals surface area contributed by atoms with Gasteiger partial charge >= 0.3 is 0 Å². The zero-order chi connectivity index (χ0) is 11.3. The van der Waals surface area contributed by atoms with Gasteiger partial charge in [-0.1, -0.05) is 13.3 Å². The topological polar surface area (TPSA) is 101 Å². The summed E-state index contributed by atoms with van der Waals surface area (Å²) in [6, 6.07) is 0. The van der Waals surface area contributed by atoms with Gasteiger partial charge in [0.2, 0.25) is 5.91 Å². The highest BCUT2D eigenvalue weighted by Gasteiger charge is 2.07. The average Bonchev–Trinajstić information content (AvgIpc) is 2.22. The van der Waals surface area contributed by atoms with E-state index in [0.717, 1.165) is 12.8 Å². The minimum absolute atomic E-state index is 0.0187. The van der Waals surface area contributed by atoms with Crippen molar-refractivity contribution >= 4 is 17.3 Å². The molecule has 4 N–H and O–H groups in total. The van der Waals surface area contributed by atoms with Gasteiger partial charge in [0.25, 0.3) is 5.56 Å². The van der Waals surface area contributed by atoms with Crippen molar-refractivity contribution in [2.24, 2.45) is 0 Å². The van der Waals surface area contributed by atoms with Gasteiger partial charge in [-0.05, 0) is 6.42 Å². The molecule has 1 aromatic heterocycles. The Morgan fingerprint density at radius 2 is 2.40 bits per heavy atom. The van der Waals surface area contributed by atoms with Crippen LogP contribution in [0.15, 0.2) is 11.0 Å². The Balaban J connectivity index is 2.68. The van der Waals surface area contributed by atoms with Gasteiger partial charge in [0, 0.05) is 6.42 Å². The zero-order valence-electron chi connectivity index (χ0n) is 8.54. The molecule has 0 atom stereocenters. The third-order valence-corrected chi connectivity index (χ3v) is 1.93. The molecular weight excluding hydrogens is 196 g/mol. The first-order valence-electron chi connectivity index (χ1n) is 4.78. The van der Waals surface area contributed by atoms with Gasteiger partial charge in [-0.25, -0.2) is 5.10 Å². The summed E-state index contributed by atoms with van der Waals surface area (Å²) in [5.74, 6) is -0.157. The molecule has 15 heavy (non-hydrogen) atoms. The molecule has 0 saturated carbocycles. The molecule has 0 aliphatic carbocycles. The molecule has 0 unspecified atom stereocenters. The first kappa shape index (κ1) is 11.2. The lowest BCUT2D eigenvalue weighted by Gasteiger charge is -2.05. The molecule has 1 aromatic rings. The lowest BCUT2D eigenvalue weighted by molar-refractivity contribution is -0.116. The fourth-order valence-electron chi connectivity index (χ4n) is 1.06. The molecule has 6 nitrogen and oxygen atoms in total. The summed E-state index contributed by atoms with van der Waals surface area (Å²) >= 11 is 0. The van der Waals surface area contributed by atoms with Crippen LogP contribution in [0, 0.1) is 0 Å². The van der Waals surface area contributed by atoms with Crippen molar-refractivity contribution in [3.8, 4) is 0 Å². The number of rotatable bonds is 4. The summed E-state index contributed by atoms with van der Waals surface area (Å²) < 4.78 is 0. The number of carbonyl (C=O) groups excluding carboxylic acids is 1. The van der Waals surface area contributed by atoms with Gasteiger partial charge in [-0.2, -0.15) is 5.10 Å². The first-order chi connectivity index (χ1) is 7.15. The van der Waals surface area contributed by atoms with Crippen LogP contribution in [0.25, 0.3) is 0 Å². The molecule has 0 bridgehead atoms. The number of amides is 1. The Bertz CT molecular complexity index is 399. The average molecular weight is 210 g/mol. The van der Waals surface area contributed by atoms with Crippen molar-refractivity contribution in [3.05, 3.63) is 16.6 Å². The van der Waals surface area contributed by atoms with Gasteiger partial charge in [0.1, 0.15) is 5.69 Å². The molecule has 0 saturated heterocycles. The number of anilines is 2. The Kier molecular flexibility index (Phi) is 3.84. The maximum atomic E-state index is 11.3. The molecule has 1 heterocycles. The number of hydrogen-bond donors (Lipinski definition) is 3. The van der Waals surface area contributed by atoms with E-state index in [4.69, 9.17) is 5.73 Å². The van der Waals surface area contributed by atoms with Crippen LogP contribution >= 0.6 is 0 Å². The molecule has 82 valence electrons. The van der Waals surface area contributed by atoms with Crippen LogP contribution in [0.2, 0.25) is 0 Å². The highest BCUT2D eigenvalue weighted by molar-refractivity contribution is 5.93. The van der Waals surface area contributed by atoms with E-state index >= 15 is 0 Å². The van der Waals surface area contributed by atoms with E-state index in [1.165, 1.54) is 6.20 Å². The Labute approximate surface area is 86.9 Å². The van der Waals surface area contributed by atoms with Crippen molar-refractivity contribution in [2.45, 2.75) is 26.2 Å². The maximum Gasteiger partial charge on any atom is 0.289 e. The fourth-order valence-corrected chi connectivity index (χ4v) is 1.06. The van der Waals surface area contributed by atoms with Gasteiger partial charge in [-0.3, -0.25) is 9.59 Å². The molecule has 6 heteroatoms. The zero-order valence-corrected chi connectivity index (χ0v) is 8.54. The highest BCUT2D eigenvalue weighted by atomic mass is 16.1. The van der Waals surface area contributed by atoms with Crippen LogP contribution in [0.1, 0.15) is 26.2 Å². The summed E-state index contributed by atoms with van der Waals surface area (Å²) in [6.45, 7) is 2.00. The van der Waals surface area contributed by atoms with E-state index in [1.54, 1.807) is 0 Å². The van der Waals surface area contributed by atoms with Crippen molar-refractivity contribution in [3.63, 3.8) is 0 Å². The quantitative estimate of drug-likeness (QED) is 0.672. The van der Waals surface area contributed by atoms with Gasteiger partial charge in [0.05, 0.1) is 11.9 Å². The van der Waals surface area contributed by atoms with Crippen LogP contribution in [0.3, 0.4) is 0 Å². The minimum atomic E-state index is -0.497. The van der Waals surface area contributed by atoms with Crippen LogP contribution in [0.5, 0.6) is 0 Å². The van der Waals surface area contributed by atoms with Crippen LogP contribution in [-0.4, -0.2) is 16.1 Å². The highest BCUT2D eigenvalue weighted by Crippen LogP contribution is 2.10. The Morgan fingerprint density at radius 1 is 1.67 bits per heavy atom. The SMILES string of the molecule is CCCCC(=O)Nc1cn[nH]c(=O)c1N. The summed E-state index contributed by atoms with van der Waals surface area (Å²) in [4.78, 5) is 22.4. The second-order valence-electron chi connectivity index (χ2n) is 3.18. The number of aromatic nitrogens is 2. The van der Waals surface area contributed by atoms with Crippen LogP contribution < -0.4 is 16.6 Å². The Hall–Kier alpha value is -1.85. The molecule has 0 aliphatic heterocycles. The predicted molar refractivity (Wildman–Crippen MR) is 57.4 cm³/mol. The predicted octanol–water partition coefficient (Wildman–Crippen LogP) is 0.481. The molecule has 0 fully saturated rings. The largest absolute Gasteiger partial charge is 0.392 e. The number of nitrogens with one attached hydrogen (secondary N) is 2. The van der Waals surface area contributed by atoms with Crippen LogP contribution in [-0.2, 0) is 4.79 Å². The minimum Gasteiger partial charge on any atom is -0.392 e. The van der Waals surface area contributed by atoms with Gasteiger partial charge in [0.15, 0.2) is 0 Å². The maximum absolute atomic E-state index is 11.3. The third-order valence-electron chi connectivity index (χ3n) is 1.93. The summed E-state index contributed by atoms with van der Waals surface area (Å²) in [6.07, 6.45) is 3.49. The van der Waals surface area contributed by atoms with E-state index in [1.807, 2.05) is 6.92 Å². The van der Waals surface area contributed by atoms with Crippen molar-refractivity contribution in [1.82, 2.24) is 10.2 Å². The third kappa shape index (κ3) is 3.08. The van der Waals surface area contributed by atoms with Crippen molar-refractivity contribution in [2.75, 3.05) is 11.1 Å². The van der Waals surface area contributed by atoms with Crippen molar-refractivity contribution < 1.29 is 4.79 Å². The lowest BCUT2D eigenvalue weighted by atomic mass is 10.2. The Morgan fingerprint density at radius 3 is 3.07 bits per heavy atom.